The van der Waals surface area contributed by atoms with Gasteiger partial charge >= 0.3 is 5.97 Å². The van der Waals surface area contributed by atoms with Gasteiger partial charge in [-0.25, -0.2) is 14.8 Å². The third-order valence-electron chi connectivity index (χ3n) is 2.67. The van der Waals surface area contributed by atoms with Crippen LogP contribution in [0.1, 0.15) is 17.3 Å². The largest absolute Gasteiger partial charge is 0.462 e. The molecule has 0 amide bonds. The minimum Gasteiger partial charge on any atom is -0.462 e. The summed E-state index contributed by atoms with van der Waals surface area (Å²) >= 11 is 0. The van der Waals surface area contributed by atoms with Gasteiger partial charge in [0.05, 0.1) is 30.4 Å². The minimum absolute atomic E-state index is 0.309. The first-order valence-corrected chi connectivity index (χ1v) is 6.33. The zero-order valence-corrected chi connectivity index (χ0v) is 11.2. The maximum atomic E-state index is 11.7. The highest BCUT2D eigenvalue weighted by molar-refractivity contribution is 5.95. The monoisotopic (exact) mass is 275 g/mol. The summed E-state index contributed by atoms with van der Waals surface area (Å²) in [6, 6.07) is 1.60. The van der Waals surface area contributed by atoms with Crippen LogP contribution < -0.4 is 11.1 Å². The van der Waals surface area contributed by atoms with Gasteiger partial charge in [-0.3, -0.25) is 0 Å². The van der Waals surface area contributed by atoms with Gasteiger partial charge in [0.15, 0.2) is 0 Å². The van der Waals surface area contributed by atoms with Gasteiger partial charge in [0.1, 0.15) is 5.82 Å². The van der Waals surface area contributed by atoms with Crippen molar-refractivity contribution in [2.75, 3.05) is 24.2 Å². The molecule has 0 aliphatic heterocycles. The molecule has 0 bridgehead atoms. The maximum Gasteiger partial charge on any atom is 0.340 e. The Morgan fingerprint density at radius 3 is 3.10 bits per heavy atom. The molecule has 2 rings (SSSR count). The third-order valence-corrected chi connectivity index (χ3v) is 2.67. The Bertz CT molecular complexity index is 568. The second-order valence-electron chi connectivity index (χ2n) is 4.10. The van der Waals surface area contributed by atoms with Crippen LogP contribution in [0.15, 0.2) is 31.0 Å². The minimum atomic E-state index is -0.440. The molecule has 2 heterocycles. The number of esters is 1. The highest BCUT2D eigenvalue weighted by Gasteiger charge is 2.12. The number of hydrogen-bond donors (Lipinski definition) is 2. The third kappa shape index (κ3) is 3.47. The quantitative estimate of drug-likeness (QED) is 0.768. The number of aromatic nitrogens is 3. The predicted octanol–water partition coefficient (Wildman–Crippen LogP) is 1.15. The van der Waals surface area contributed by atoms with Crippen molar-refractivity contribution >= 4 is 17.5 Å². The number of nitrogens with one attached hydrogen (secondary N) is 1. The number of carbonyl (C=O) groups is 1. The van der Waals surface area contributed by atoms with E-state index in [2.05, 4.69) is 15.3 Å². The lowest BCUT2D eigenvalue weighted by Crippen LogP contribution is -2.13. The fraction of sp³-hybridized carbons (Fsp3) is 0.308. The average Bonchev–Trinajstić information content (AvgIpc) is 2.94. The number of pyridine rings is 1. The van der Waals surface area contributed by atoms with E-state index in [-0.39, 0.29) is 0 Å². The molecule has 20 heavy (non-hydrogen) atoms. The standard InChI is InChI=1S/C13H17N5O2/c1-2-20-13(19)10-7-12(17-8-11(10)14)16-4-6-18-5-3-15-9-18/h3,5,7-9H,2,4,6,14H2,1H3,(H,16,17). The number of nitrogens with zero attached hydrogens (tertiary/aromatic N) is 3. The zero-order valence-electron chi connectivity index (χ0n) is 11.2. The molecule has 0 fully saturated rings. The first-order chi connectivity index (χ1) is 9.70. The SMILES string of the molecule is CCOC(=O)c1cc(NCCn2ccnc2)ncc1N. The van der Waals surface area contributed by atoms with E-state index in [0.29, 0.717) is 30.2 Å². The highest BCUT2D eigenvalue weighted by Crippen LogP contribution is 2.15. The topological polar surface area (TPSA) is 95.1 Å². The lowest BCUT2D eigenvalue weighted by molar-refractivity contribution is 0.0527. The summed E-state index contributed by atoms with van der Waals surface area (Å²) in [5.41, 5.74) is 6.36. The summed E-state index contributed by atoms with van der Waals surface area (Å²) in [5, 5.41) is 3.12. The van der Waals surface area contributed by atoms with Gasteiger partial charge in [-0.15, -0.1) is 0 Å². The zero-order chi connectivity index (χ0) is 14.4. The molecule has 0 saturated heterocycles. The Labute approximate surface area is 116 Å². The van der Waals surface area contributed by atoms with Crippen molar-refractivity contribution in [1.82, 2.24) is 14.5 Å². The molecule has 0 atom stereocenters. The number of nitrogen functional groups attached to an aromatic ring is 1. The van der Waals surface area contributed by atoms with Crippen molar-refractivity contribution in [2.24, 2.45) is 0 Å². The number of ether oxygens (including phenoxy) is 1. The second-order valence-corrected chi connectivity index (χ2v) is 4.10. The van der Waals surface area contributed by atoms with E-state index in [1.807, 2.05) is 10.8 Å². The van der Waals surface area contributed by atoms with Gasteiger partial charge in [0.2, 0.25) is 0 Å². The summed E-state index contributed by atoms with van der Waals surface area (Å²) < 4.78 is 6.88. The van der Waals surface area contributed by atoms with E-state index in [0.717, 1.165) is 6.54 Å². The van der Waals surface area contributed by atoms with Crippen molar-refractivity contribution in [3.63, 3.8) is 0 Å². The Hall–Kier alpha value is -2.57. The molecule has 0 aliphatic rings. The van der Waals surface area contributed by atoms with E-state index >= 15 is 0 Å². The fourth-order valence-electron chi connectivity index (χ4n) is 1.68. The molecule has 7 heteroatoms. The summed E-state index contributed by atoms with van der Waals surface area (Å²) in [4.78, 5) is 19.8. The number of nitrogens with two attached hydrogens (primary N) is 1. The van der Waals surface area contributed by atoms with E-state index in [4.69, 9.17) is 10.5 Å². The van der Waals surface area contributed by atoms with Crippen LogP contribution in [-0.4, -0.2) is 33.7 Å². The molecule has 0 unspecified atom stereocenters. The number of imidazole rings is 1. The number of rotatable bonds is 6. The van der Waals surface area contributed by atoms with Crippen LogP contribution in [-0.2, 0) is 11.3 Å². The maximum absolute atomic E-state index is 11.7. The van der Waals surface area contributed by atoms with Gasteiger partial charge in [0.25, 0.3) is 0 Å². The molecular formula is C13H17N5O2. The molecule has 0 spiro atoms. The van der Waals surface area contributed by atoms with E-state index in [1.54, 1.807) is 25.5 Å². The van der Waals surface area contributed by atoms with Crippen LogP contribution in [0.2, 0.25) is 0 Å². The molecule has 2 aromatic heterocycles. The van der Waals surface area contributed by atoms with Crippen molar-refractivity contribution in [1.29, 1.82) is 0 Å². The Morgan fingerprint density at radius 1 is 1.55 bits per heavy atom. The summed E-state index contributed by atoms with van der Waals surface area (Å²) in [6.45, 7) is 3.47. The van der Waals surface area contributed by atoms with Crippen molar-refractivity contribution in [2.45, 2.75) is 13.5 Å². The molecule has 0 aliphatic carbocycles. The number of carbonyl (C=O) groups excluding carboxylic acids is 1. The Balaban J connectivity index is 1.98. The molecule has 0 aromatic carbocycles. The van der Waals surface area contributed by atoms with Gasteiger partial charge in [0, 0.05) is 25.5 Å². The molecule has 2 aromatic rings. The Kier molecular flexibility index (Phi) is 4.54. The van der Waals surface area contributed by atoms with Crippen LogP contribution in [0.5, 0.6) is 0 Å². The van der Waals surface area contributed by atoms with Crippen LogP contribution in [0.25, 0.3) is 0 Å². The number of anilines is 2. The fourth-order valence-corrected chi connectivity index (χ4v) is 1.68. The van der Waals surface area contributed by atoms with E-state index < -0.39 is 5.97 Å². The molecule has 0 saturated carbocycles. The van der Waals surface area contributed by atoms with Gasteiger partial charge in [-0.05, 0) is 13.0 Å². The second kappa shape index (κ2) is 6.55. The predicted molar refractivity (Wildman–Crippen MR) is 75.3 cm³/mol. The van der Waals surface area contributed by atoms with Crippen molar-refractivity contribution in [3.05, 3.63) is 36.5 Å². The van der Waals surface area contributed by atoms with Crippen LogP contribution >= 0.6 is 0 Å². The molecular weight excluding hydrogens is 258 g/mol. The normalized spacial score (nSPS) is 10.2. The van der Waals surface area contributed by atoms with Crippen molar-refractivity contribution < 1.29 is 9.53 Å². The summed E-state index contributed by atoms with van der Waals surface area (Å²) in [7, 11) is 0. The summed E-state index contributed by atoms with van der Waals surface area (Å²) in [6.07, 6.45) is 6.79. The first-order valence-electron chi connectivity index (χ1n) is 6.33. The van der Waals surface area contributed by atoms with Crippen LogP contribution in [0.3, 0.4) is 0 Å². The lowest BCUT2D eigenvalue weighted by Gasteiger charge is -2.09. The van der Waals surface area contributed by atoms with Gasteiger partial charge in [-0.1, -0.05) is 0 Å². The molecule has 106 valence electrons. The van der Waals surface area contributed by atoms with Gasteiger partial charge in [-0.2, -0.15) is 0 Å². The van der Waals surface area contributed by atoms with Crippen LogP contribution in [0, 0.1) is 0 Å². The molecule has 7 nitrogen and oxygen atoms in total. The van der Waals surface area contributed by atoms with Crippen LogP contribution in [0.4, 0.5) is 11.5 Å². The highest BCUT2D eigenvalue weighted by atomic mass is 16.5. The average molecular weight is 275 g/mol. The Morgan fingerprint density at radius 2 is 2.40 bits per heavy atom. The van der Waals surface area contributed by atoms with E-state index in [1.165, 1.54) is 6.20 Å². The lowest BCUT2D eigenvalue weighted by atomic mass is 10.2. The van der Waals surface area contributed by atoms with E-state index in [9.17, 15) is 4.79 Å². The molecule has 3 N–H and O–H groups in total. The van der Waals surface area contributed by atoms with Gasteiger partial charge < -0.3 is 20.4 Å². The number of hydrogen-bond acceptors (Lipinski definition) is 6. The smallest absolute Gasteiger partial charge is 0.340 e. The first kappa shape index (κ1) is 13.9. The molecule has 0 radical (unpaired) electrons. The van der Waals surface area contributed by atoms with Crippen molar-refractivity contribution in [3.8, 4) is 0 Å². The summed E-state index contributed by atoms with van der Waals surface area (Å²) in [5.74, 6) is 0.146.